The number of halogens is 1. The zero-order chi connectivity index (χ0) is 22.6. The lowest BCUT2D eigenvalue weighted by molar-refractivity contribution is -0.109. The first-order chi connectivity index (χ1) is 15.0. The van der Waals surface area contributed by atoms with Crippen molar-refractivity contribution in [2.75, 3.05) is 26.1 Å². The summed E-state index contributed by atoms with van der Waals surface area (Å²) in [7, 11) is 3.53. The number of nitrogens with one attached hydrogen (secondary N) is 1. The first-order valence-corrected chi connectivity index (χ1v) is 10.6. The van der Waals surface area contributed by atoms with Gasteiger partial charge in [-0.3, -0.25) is 4.79 Å². The molecular formula is C25H27BrN2O3. The van der Waals surface area contributed by atoms with Crippen molar-refractivity contribution >= 4 is 39.5 Å². The Morgan fingerprint density at radius 3 is 2.35 bits per heavy atom. The van der Waals surface area contributed by atoms with Gasteiger partial charge < -0.3 is 14.8 Å². The van der Waals surface area contributed by atoms with Crippen LogP contribution in [0.3, 0.4) is 0 Å². The summed E-state index contributed by atoms with van der Waals surface area (Å²) in [5.41, 5.74) is 5.08. The van der Waals surface area contributed by atoms with E-state index in [0.29, 0.717) is 5.90 Å². The summed E-state index contributed by atoms with van der Waals surface area (Å²) in [5.74, 6) is 1.38. The number of nitrogens with zero attached hydrogens (tertiary/aromatic N) is 1. The van der Waals surface area contributed by atoms with E-state index in [1.807, 2.05) is 87.6 Å². The summed E-state index contributed by atoms with van der Waals surface area (Å²) < 4.78 is 11.5. The van der Waals surface area contributed by atoms with Crippen LogP contribution in [-0.2, 0) is 9.53 Å². The van der Waals surface area contributed by atoms with E-state index < -0.39 is 0 Å². The van der Waals surface area contributed by atoms with Gasteiger partial charge in [-0.2, -0.15) is 0 Å². The highest BCUT2D eigenvalue weighted by molar-refractivity contribution is 9.10. The molecule has 0 amide bonds. The van der Waals surface area contributed by atoms with Gasteiger partial charge in [0.15, 0.2) is 6.29 Å². The third-order valence-corrected chi connectivity index (χ3v) is 4.73. The highest BCUT2D eigenvalue weighted by Gasteiger charge is 2.05. The number of rotatable bonds is 6. The average molecular weight is 483 g/mol. The Balaban J connectivity index is 0.000000262. The molecular weight excluding hydrogens is 456 g/mol. The fourth-order valence-electron chi connectivity index (χ4n) is 2.75. The maximum Gasteiger partial charge on any atom is 0.221 e. The zero-order valence-corrected chi connectivity index (χ0v) is 19.8. The Kier molecular flexibility index (Phi) is 9.78. The summed E-state index contributed by atoms with van der Waals surface area (Å²) in [6, 6.07) is 21.6. The summed E-state index contributed by atoms with van der Waals surface area (Å²) >= 11 is 3.48. The predicted octanol–water partition coefficient (Wildman–Crippen LogP) is 6.10. The van der Waals surface area contributed by atoms with E-state index in [2.05, 4.69) is 26.2 Å². The van der Waals surface area contributed by atoms with Crippen LogP contribution < -0.4 is 10.1 Å². The van der Waals surface area contributed by atoms with Gasteiger partial charge in [0, 0.05) is 22.8 Å². The molecule has 0 atom stereocenters. The van der Waals surface area contributed by atoms with Gasteiger partial charge in [-0.15, -0.1) is 0 Å². The molecule has 3 aromatic rings. The molecule has 0 aromatic heterocycles. The van der Waals surface area contributed by atoms with E-state index in [9.17, 15) is 4.79 Å². The van der Waals surface area contributed by atoms with Gasteiger partial charge in [0.25, 0.3) is 0 Å². The number of aldehydes is 1. The maximum absolute atomic E-state index is 9.96. The van der Waals surface area contributed by atoms with Gasteiger partial charge in [-0.05, 0) is 73.5 Å². The van der Waals surface area contributed by atoms with Crippen molar-refractivity contribution in [3.8, 4) is 5.75 Å². The van der Waals surface area contributed by atoms with Crippen molar-refractivity contribution in [2.24, 2.45) is 4.99 Å². The number of carbonyl (C=O) groups is 1. The van der Waals surface area contributed by atoms with Gasteiger partial charge in [0.2, 0.25) is 5.90 Å². The van der Waals surface area contributed by atoms with E-state index in [1.54, 1.807) is 7.11 Å². The normalized spacial score (nSPS) is 10.5. The molecule has 162 valence electrons. The van der Waals surface area contributed by atoms with E-state index in [-0.39, 0.29) is 6.61 Å². The van der Waals surface area contributed by atoms with Crippen LogP contribution in [0, 0.1) is 13.8 Å². The van der Waals surface area contributed by atoms with E-state index in [1.165, 1.54) is 0 Å². The molecule has 0 aliphatic carbocycles. The van der Waals surface area contributed by atoms with Crippen LogP contribution >= 0.6 is 15.9 Å². The highest BCUT2D eigenvalue weighted by atomic mass is 79.9. The topological polar surface area (TPSA) is 59.9 Å². The van der Waals surface area contributed by atoms with Crippen LogP contribution in [0.5, 0.6) is 5.75 Å². The molecule has 0 aliphatic heterocycles. The van der Waals surface area contributed by atoms with Crippen LogP contribution in [0.15, 0.2) is 76.2 Å². The average Bonchev–Trinajstić information content (AvgIpc) is 2.77. The molecule has 0 radical (unpaired) electrons. The number of hydrogen-bond acceptors (Lipinski definition) is 5. The minimum absolute atomic E-state index is 0.130. The van der Waals surface area contributed by atoms with Crippen LogP contribution in [0.25, 0.3) is 0 Å². The number of hydrogen-bond donors (Lipinski definition) is 1. The molecule has 5 nitrogen and oxygen atoms in total. The number of ether oxygens (including phenoxy) is 2. The van der Waals surface area contributed by atoms with E-state index >= 15 is 0 Å². The van der Waals surface area contributed by atoms with Crippen molar-refractivity contribution in [3.63, 3.8) is 0 Å². The van der Waals surface area contributed by atoms with Gasteiger partial charge in [0.1, 0.15) is 12.4 Å². The van der Waals surface area contributed by atoms with Crippen molar-refractivity contribution in [1.82, 2.24) is 0 Å². The lowest BCUT2D eigenvalue weighted by Gasteiger charge is -2.07. The van der Waals surface area contributed by atoms with E-state index in [4.69, 9.17) is 9.47 Å². The summed E-state index contributed by atoms with van der Waals surface area (Å²) in [6.45, 7) is 4.11. The second-order valence-corrected chi connectivity index (χ2v) is 7.59. The standard InChI is InChI=1S/C16H17BrN2O.C9H10O2/c1-11-8-13(17)10-15(9-11)19-16(20-3)12-4-6-14(18-2)7-5-12;1-8-4-2-3-5-9(8)11-7-6-10/h4-10,18H,1-3H3;2-6H,7H2,1H3. The minimum atomic E-state index is 0.130. The fourth-order valence-corrected chi connectivity index (χ4v) is 3.34. The highest BCUT2D eigenvalue weighted by Crippen LogP contribution is 2.23. The van der Waals surface area contributed by atoms with Gasteiger partial charge in [-0.1, -0.05) is 34.1 Å². The molecule has 0 fully saturated rings. The molecule has 0 saturated heterocycles. The molecule has 0 saturated carbocycles. The predicted molar refractivity (Wildman–Crippen MR) is 131 cm³/mol. The number of carbonyl (C=O) groups excluding carboxylic acids is 1. The summed E-state index contributed by atoms with van der Waals surface area (Å²) in [6.07, 6.45) is 0.742. The monoisotopic (exact) mass is 482 g/mol. The lowest BCUT2D eigenvalue weighted by atomic mass is 10.2. The Labute approximate surface area is 192 Å². The molecule has 0 unspecified atom stereocenters. The van der Waals surface area contributed by atoms with Crippen LogP contribution in [-0.4, -0.2) is 32.9 Å². The van der Waals surface area contributed by atoms with Crippen molar-refractivity contribution in [2.45, 2.75) is 13.8 Å². The van der Waals surface area contributed by atoms with Crippen molar-refractivity contribution in [1.29, 1.82) is 0 Å². The van der Waals surface area contributed by atoms with Crippen LogP contribution in [0.4, 0.5) is 11.4 Å². The Bertz CT molecular complexity index is 997. The second-order valence-electron chi connectivity index (χ2n) is 6.68. The second kappa shape index (κ2) is 12.5. The SMILES string of the molecule is CNc1ccc(C(=Nc2cc(C)cc(Br)c2)OC)cc1.Cc1ccccc1OCC=O. The van der Waals surface area contributed by atoms with Crippen LogP contribution in [0.2, 0.25) is 0 Å². The Morgan fingerprint density at radius 1 is 1.06 bits per heavy atom. The molecule has 3 aromatic carbocycles. The Morgan fingerprint density at radius 2 is 1.77 bits per heavy atom. The summed E-state index contributed by atoms with van der Waals surface area (Å²) in [4.78, 5) is 14.5. The molecule has 0 heterocycles. The quantitative estimate of drug-likeness (QED) is 0.262. The molecule has 1 N–H and O–H groups in total. The number of para-hydroxylation sites is 1. The molecule has 3 rings (SSSR count). The van der Waals surface area contributed by atoms with Gasteiger partial charge >= 0.3 is 0 Å². The number of aliphatic imine (C=N–C) groups is 1. The third kappa shape index (κ3) is 7.90. The van der Waals surface area contributed by atoms with Crippen molar-refractivity contribution in [3.05, 3.63) is 87.9 Å². The van der Waals surface area contributed by atoms with E-state index in [0.717, 1.165) is 44.6 Å². The fraction of sp³-hybridized carbons (Fsp3) is 0.200. The van der Waals surface area contributed by atoms with Gasteiger partial charge in [-0.25, -0.2) is 4.99 Å². The van der Waals surface area contributed by atoms with Crippen molar-refractivity contribution < 1.29 is 14.3 Å². The first-order valence-electron chi connectivity index (χ1n) is 9.77. The molecule has 31 heavy (non-hydrogen) atoms. The first kappa shape index (κ1) is 24.2. The Hall–Kier alpha value is -3.12. The third-order valence-electron chi connectivity index (χ3n) is 4.27. The number of aryl methyl sites for hydroxylation is 2. The maximum atomic E-state index is 9.96. The molecule has 6 heteroatoms. The number of anilines is 1. The van der Waals surface area contributed by atoms with Crippen LogP contribution in [0.1, 0.15) is 16.7 Å². The number of benzene rings is 3. The molecule has 0 spiro atoms. The smallest absolute Gasteiger partial charge is 0.221 e. The minimum Gasteiger partial charge on any atom is -0.486 e. The lowest BCUT2D eigenvalue weighted by Crippen LogP contribution is -2.03. The summed E-state index contributed by atoms with van der Waals surface area (Å²) in [5, 5.41) is 3.09. The molecule has 0 aliphatic rings. The van der Waals surface area contributed by atoms with Gasteiger partial charge in [0.05, 0.1) is 12.8 Å². The molecule has 0 bridgehead atoms. The largest absolute Gasteiger partial charge is 0.486 e. The zero-order valence-electron chi connectivity index (χ0n) is 18.2. The number of methoxy groups -OCH3 is 1.